The van der Waals surface area contributed by atoms with Gasteiger partial charge in [-0.1, -0.05) is 42.8 Å². The Morgan fingerprint density at radius 1 is 1.25 bits per heavy atom. The molecule has 154 valence electrons. The summed E-state index contributed by atoms with van der Waals surface area (Å²) in [5.41, 5.74) is 2.56. The molecule has 0 aliphatic carbocycles. The predicted octanol–water partition coefficient (Wildman–Crippen LogP) is 5.11. The van der Waals surface area contributed by atoms with Crippen molar-refractivity contribution in [3.8, 4) is 0 Å². The quantitative estimate of drug-likeness (QED) is 0.321. The number of nitrogens with zero attached hydrogens (tertiary/aromatic N) is 1. The van der Waals surface area contributed by atoms with Gasteiger partial charge in [-0.15, -0.1) is 35.3 Å². The Morgan fingerprint density at radius 3 is 2.71 bits per heavy atom. The summed E-state index contributed by atoms with van der Waals surface area (Å²) in [5.74, 6) is 1.79. The van der Waals surface area contributed by atoms with E-state index in [9.17, 15) is 0 Å². The predicted molar refractivity (Wildman–Crippen MR) is 130 cm³/mol. The van der Waals surface area contributed by atoms with E-state index in [2.05, 4.69) is 71.3 Å². The minimum atomic E-state index is 0. The minimum absolute atomic E-state index is 0. The molecule has 3 unspecified atom stereocenters. The Balaban J connectivity index is 0.00000280. The number of guanidine groups is 1. The lowest BCUT2D eigenvalue weighted by atomic mass is 9.89. The maximum absolute atomic E-state index is 6.13. The molecular weight excluding hydrogens is 481 g/mol. The Kier molecular flexibility index (Phi) is 9.74. The fourth-order valence-corrected chi connectivity index (χ4v) is 4.33. The maximum atomic E-state index is 6.13. The maximum Gasteiger partial charge on any atom is 0.191 e. The Bertz CT molecular complexity index is 718. The van der Waals surface area contributed by atoms with Crippen molar-refractivity contribution in [2.45, 2.75) is 38.7 Å². The third-order valence-corrected chi connectivity index (χ3v) is 6.31. The summed E-state index contributed by atoms with van der Waals surface area (Å²) in [6.45, 7) is 6.96. The van der Waals surface area contributed by atoms with Crippen LogP contribution in [-0.2, 0) is 4.74 Å². The van der Waals surface area contributed by atoms with Gasteiger partial charge in [0.05, 0.1) is 6.10 Å². The second-order valence-electron chi connectivity index (χ2n) is 7.35. The number of aryl methyl sites for hydroxylation is 1. The highest BCUT2D eigenvalue weighted by Gasteiger charge is 2.27. The summed E-state index contributed by atoms with van der Waals surface area (Å²) < 4.78 is 6.13. The number of benzene rings is 1. The average Bonchev–Trinajstić information content (AvgIpc) is 3.24. The van der Waals surface area contributed by atoms with E-state index < -0.39 is 0 Å². The van der Waals surface area contributed by atoms with Gasteiger partial charge in [-0.25, -0.2) is 0 Å². The third kappa shape index (κ3) is 6.46. The number of hydrogen-bond acceptors (Lipinski definition) is 3. The smallest absolute Gasteiger partial charge is 0.191 e. The van der Waals surface area contributed by atoms with Crippen LogP contribution in [0.4, 0.5) is 0 Å². The highest BCUT2D eigenvalue weighted by atomic mass is 127. The van der Waals surface area contributed by atoms with Crippen LogP contribution < -0.4 is 10.6 Å². The second-order valence-corrected chi connectivity index (χ2v) is 8.33. The van der Waals surface area contributed by atoms with E-state index in [1.54, 1.807) is 0 Å². The van der Waals surface area contributed by atoms with Gasteiger partial charge in [0.1, 0.15) is 0 Å². The van der Waals surface area contributed by atoms with Crippen LogP contribution in [0.2, 0.25) is 0 Å². The van der Waals surface area contributed by atoms with Gasteiger partial charge in [0.15, 0.2) is 5.96 Å². The first-order chi connectivity index (χ1) is 13.2. The third-order valence-electron chi connectivity index (χ3n) is 5.21. The van der Waals surface area contributed by atoms with Gasteiger partial charge in [0.2, 0.25) is 0 Å². The van der Waals surface area contributed by atoms with Crippen molar-refractivity contribution in [1.29, 1.82) is 0 Å². The van der Waals surface area contributed by atoms with Crippen molar-refractivity contribution in [1.82, 2.24) is 10.6 Å². The van der Waals surface area contributed by atoms with Gasteiger partial charge in [-0.3, -0.25) is 4.99 Å². The van der Waals surface area contributed by atoms with Gasteiger partial charge < -0.3 is 15.4 Å². The zero-order chi connectivity index (χ0) is 19.1. The highest BCUT2D eigenvalue weighted by Crippen LogP contribution is 2.33. The molecule has 28 heavy (non-hydrogen) atoms. The van der Waals surface area contributed by atoms with Crippen LogP contribution in [-0.4, -0.2) is 32.7 Å². The van der Waals surface area contributed by atoms with E-state index in [0.29, 0.717) is 11.8 Å². The van der Waals surface area contributed by atoms with Gasteiger partial charge in [0, 0.05) is 43.5 Å². The molecule has 1 aromatic heterocycles. The molecule has 2 N–H and O–H groups in total. The number of aliphatic imine (C=N–C) groups is 1. The second kappa shape index (κ2) is 11.8. The molecule has 1 aliphatic rings. The fourth-order valence-electron chi connectivity index (χ4n) is 3.55. The van der Waals surface area contributed by atoms with Crippen LogP contribution in [0.1, 0.15) is 47.8 Å². The van der Waals surface area contributed by atoms with Crippen LogP contribution in [0, 0.1) is 12.8 Å². The molecule has 2 aromatic rings. The van der Waals surface area contributed by atoms with E-state index in [0.717, 1.165) is 32.1 Å². The first-order valence-corrected chi connectivity index (χ1v) is 10.7. The van der Waals surface area contributed by atoms with E-state index in [1.807, 2.05) is 18.4 Å². The van der Waals surface area contributed by atoms with Crippen LogP contribution in [0.15, 0.2) is 46.8 Å². The molecule has 1 aliphatic heterocycles. The number of halogens is 1. The van der Waals surface area contributed by atoms with Crippen molar-refractivity contribution >= 4 is 41.3 Å². The van der Waals surface area contributed by atoms with Crippen LogP contribution >= 0.6 is 35.3 Å². The van der Waals surface area contributed by atoms with Crippen molar-refractivity contribution in [2.24, 2.45) is 10.9 Å². The number of hydrogen-bond donors (Lipinski definition) is 2. The standard InChI is InChI=1S/C22H31N3OS.HI/c1-16-8-10-18(11-9-16)21-19(6-4-12-26-21)15-25-22(23-3)24-14-17(2)20-7-5-13-27-20;/h5,7-11,13,17,19,21H,4,6,12,14-15H2,1-3H3,(H2,23,24,25);1H. The number of rotatable bonds is 6. The summed E-state index contributed by atoms with van der Waals surface area (Å²) in [6.07, 6.45) is 2.46. The molecule has 6 heteroatoms. The van der Waals surface area contributed by atoms with Crippen LogP contribution in [0.3, 0.4) is 0 Å². The molecule has 2 heterocycles. The molecule has 1 saturated heterocycles. The lowest BCUT2D eigenvalue weighted by Gasteiger charge is -2.32. The monoisotopic (exact) mass is 513 g/mol. The summed E-state index contributed by atoms with van der Waals surface area (Å²) in [4.78, 5) is 5.79. The molecule has 1 fully saturated rings. The van der Waals surface area contributed by atoms with Crippen LogP contribution in [0.25, 0.3) is 0 Å². The van der Waals surface area contributed by atoms with Gasteiger partial charge in [0.25, 0.3) is 0 Å². The molecule has 3 rings (SSSR count). The van der Waals surface area contributed by atoms with Gasteiger partial charge in [-0.05, 0) is 36.8 Å². The molecule has 1 aromatic carbocycles. The normalized spacial score (nSPS) is 20.9. The number of ether oxygens (including phenoxy) is 1. The Morgan fingerprint density at radius 2 is 2.04 bits per heavy atom. The van der Waals surface area contributed by atoms with Gasteiger partial charge >= 0.3 is 0 Å². The molecule has 0 radical (unpaired) electrons. The first kappa shape index (κ1) is 23.2. The lowest BCUT2D eigenvalue weighted by molar-refractivity contribution is -0.0265. The molecule has 0 saturated carbocycles. The topological polar surface area (TPSA) is 45.7 Å². The highest BCUT2D eigenvalue weighted by molar-refractivity contribution is 14.0. The number of thiophene rings is 1. The Hall–Kier alpha value is -1.12. The van der Waals surface area contributed by atoms with Crippen molar-refractivity contribution < 1.29 is 4.74 Å². The zero-order valence-electron chi connectivity index (χ0n) is 17.0. The van der Waals surface area contributed by atoms with Crippen LogP contribution in [0.5, 0.6) is 0 Å². The molecule has 0 bridgehead atoms. The zero-order valence-corrected chi connectivity index (χ0v) is 20.1. The minimum Gasteiger partial charge on any atom is -0.373 e. The molecular formula is C22H32IN3OS. The van der Waals surface area contributed by atoms with Crippen molar-refractivity contribution in [3.63, 3.8) is 0 Å². The van der Waals surface area contributed by atoms with E-state index >= 15 is 0 Å². The van der Waals surface area contributed by atoms with E-state index in [-0.39, 0.29) is 30.1 Å². The Labute approximate surface area is 190 Å². The molecule has 4 nitrogen and oxygen atoms in total. The van der Waals surface area contributed by atoms with Crippen molar-refractivity contribution in [2.75, 3.05) is 26.7 Å². The van der Waals surface area contributed by atoms with E-state index in [1.165, 1.54) is 22.4 Å². The molecule has 0 spiro atoms. The fraction of sp³-hybridized carbons (Fsp3) is 0.500. The van der Waals surface area contributed by atoms with E-state index in [4.69, 9.17) is 4.74 Å². The summed E-state index contributed by atoms with van der Waals surface area (Å²) in [7, 11) is 1.83. The summed E-state index contributed by atoms with van der Waals surface area (Å²) >= 11 is 1.81. The van der Waals surface area contributed by atoms with Gasteiger partial charge in [-0.2, -0.15) is 0 Å². The SMILES string of the molecule is CN=C(NCC(C)c1cccs1)NCC1CCCOC1c1ccc(C)cc1.I. The van der Waals surface area contributed by atoms with Crippen molar-refractivity contribution in [3.05, 3.63) is 57.8 Å². The number of nitrogens with one attached hydrogen (secondary N) is 2. The largest absolute Gasteiger partial charge is 0.373 e. The molecule has 3 atom stereocenters. The summed E-state index contributed by atoms with van der Waals surface area (Å²) in [5, 5.41) is 9.11. The first-order valence-electron chi connectivity index (χ1n) is 9.83. The summed E-state index contributed by atoms with van der Waals surface area (Å²) in [6, 6.07) is 13.0. The lowest BCUT2D eigenvalue weighted by Crippen LogP contribution is -2.42. The average molecular weight is 513 g/mol. The molecule has 0 amide bonds.